The third-order valence-corrected chi connectivity index (χ3v) is 3.32. The molecule has 1 aromatic rings. The predicted molar refractivity (Wildman–Crippen MR) is 69.8 cm³/mol. The highest BCUT2D eigenvalue weighted by Crippen LogP contribution is 2.22. The second-order valence-electron chi connectivity index (χ2n) is 4.38. The van der Waals surface area contributed by atoms with E-state index in [1.54, 1.807) is 12.3 Å². The molecular formula is C12H16ClN3O2. The first-order valence-electron chi connectivity index (χ1n) is 5.80. The first-order chi connectivity index (χ1) is 8.61. The van der Waals surface area contributed by atoms with Crippen molar-refractivity contribution >= 4 is 23.2 Å². The lowest BCUT2D eigenvalue weighted by Gasteiger charge is -2.16. The molecule has 1 fully saturated rings. The zero-order valence-electron chi connectivity index (χ0n) is 10.4. The fourth-order valence-corrected chi connectivity index (χ4v) is 2.11. The highest BCUT2D eigenvalue weighted by Gasteiger charge is 2.33. The monoisotopic (exact) mass is 269 g/mol. The van der Waals surface area contributed by atoms with Gasteiger partial charge < -0.3 is 15.4 Å². The Morgan fingerprint density at radius 3 is 3.06 bits per heavy atom. The van der Waals surface area contributed by atoms with E-state index in [0.29, 0.717) is 24.1 Å². The Hall–Kier alpha value is -1.17. The number of carbonyl (C=O) groups excluding carboxylic acids is 1. The summed E-state index contributed by atoms with van der Waals surface area (Å²) in [7, 11) is 1.82. The molecule has 0 bridgehead atoms. The Balaban J connectivity index is 2.09. The average molecular weight is 270 g/mol. The van der Waals surface area contributed by atoms with E-state index < -0.39 is 0 Å². The van der Waals surface area contributed by atoms with Crippen LogP contribution in [0.25, 0.3) is 0 Å². The number of carbonyl (C=O) groups is 1. The van der Waals surface area contributed by atoms with Gasteiger partial charge in [0, 0.05) is 12.2 Å². The first kappa shape index (κ1) is 13.3. The van der Waals surface area contributed by atoms with Crippen molar-refractivity contribution in [3.63, 3.8) is 0 Å². The maximum atomic E-state index is 12.1. The molecule has 2 heterocycles. The summed E-state index contributed by atoms with van der Waals surface area (Å²) in [5, 5.41) is 6.18. The molecule has 98 valence electrons. The number of aryl methyl sites for hydroxylation is 1. The lowest BCUT2D eigenvalue weighted by atomic mass is 10.0. The molecule has 2 atom stereocenters. The molecule has 0 aliphatic carbocycles. The van der Waals surface area contributed by atoms with Crippen molar-refractivity contribution in [1.29, 1.82) is 0 Å². The largest absolute Gasteiger partial charge is 0.379 e. The fraction of sp³-hybridized carbons (Fsp3) is 0.500. The summed E-state index contributed by atoms with van der Waals surface area (Å²) < 4.78 is 5.30. The number of hydrogen-bond donors (Lipinski definition) is 2. The maximum absolute atomic E-state index is 12.1. The van der Waals surface area contributed by atoms with E-state index in [1.165, 1.54) is 0 Å². The van der Waals surface area contributed by atoms with Gasteiger partial charge in [0.25, 0.3) is 0 Å². The van der Waals surface area contributed by atoms with Crippen molar-refractivity contribution in [2.75, 3.05) is 25.6 Å². The second kappa shape index (κ2) is 5.65. The molecule has 1 amide bonds. The van der Waals surface area contributed by atoms with Gasteiger partial charge in [0.15, 0.2) is 5.15 Å². The standard InChI is InChI=1S/C12H16ClN3O2/c1-7-3-9(11(13)15-4-7)16-12(17)8-5-18-6-10(8)14-2/h3-4,8,10,14H,5-6H2,1-2H3,(H,16,17). The zero-order chi connectivity index (χ0) is 13.1. The van der Waals surface area contributed by atoms with Crippen LogP contribution in [-0.2, 0) is 9.53 Å². The lowest BCUT2D eigenvalue weighted by Crippen LogP contribution is -2.39. The number of halogens is 1. The highest BCUT2D eigenvalue weighted by atomic mass is 35.5. The Morgan fingerprint density at radius 1 is 1.56 bits per heavy atom. The lowest BCUT2D eigenvalue weighted by molar-refractivity contribution is -0.120. The second-order valence-corrected chi connectivity index (χ2v) is 4.74. The molecule has 1 aliphatic rings. The molecule has 1 aromatic heterocycles. The summed E-state index contributed by atoms with van der Waals surface area (Å²) in [5.41, 5.74) is 1.49. The van der Waals surface area contributed by atoms with Crippen LogP contribution in [0.5, 0.6) is 0 Å². The molecule has 2 N–H and O–H groups in total. The molecule has 0 radical (unpaired) electrons. The fourth-order valence-electron chi connectivity index (χ4n) is 1.96. The van der Waals surface area contributed by atoms with Crippen LogP contribution in [0.4, 0.5) is 5.69 Å². The van der Waals surface area contributed by atoms with Crippen LogP contribution in [0, 0.1) is 12.8 Å². The van der Waals surface area contributed by atoms with Crippen LogP contribution in [-0.4, -0.2) is 37.2 Å². The van der Waals surface area contributed by atoms with Crippen LogP contribution in [0.3, 0.4) is 0 Å². The topological polar surface area (TPSA) is 63.2 Å². The van der Waals surface area contributed by atoms with E-state index in [-0.39, 0.29) is 17.9 Å². The zero-order valence-corrected chi connectivity index (χ0v) is 11.1. The number of hydrogen-bond acceptors (Lipinski definition) is 4. The van der Waals surface area contributed by atoms with E-state index >= 15 is 0 Å². The van der Waals surface area contributed by atoms with Gasteiger partial charge in [-0.3, -0.25) is 4.79 Å². The van der Waals surface area contributed by atoms with Crippen LogP contribution in [0.2, 0.25) is 5.15 Å². The molecule has 2 rings (SSSR count). The number of likely N-dealkylation sites (N-methyl/N-ethyl adjacent to an activating group) is 1. The predicted octanol–water partition coefficient (Wildman–Crippen LogP) is 1.22. The molecule has 5 nitrogen and oxygen atoms in total. The molecule has 0 spiro atoms. The van der Waals surface area contributed by atoms with Gasteiger partial charge in [0.1, 0.15) is 0 Å². The van der Waals surface area contributed by atoms with Crippen molar-refractivity contribution in [3.05, 3.63) is 23.0 Å². The number of nitrogens with zero attached hydrogens (tertiary/aromatic N) is 1. The van der Waals surface area contributed by atoms with Crippen molar-refractivity contribution in [3.8, 4) is 0 Å². The first-order valence-corrected chi connectivity index (χ1v) is 6.17. The summed E-state index contributed by atoms with van der Waals surface area (Å²) in [6.45, 7) is 2.87. The van der Waals surface area contributed by atoms with Gasteiger partial charge in [-0.05, 0) is 25.6 Å². The van der Waals surface area contributed by atoms with E-state index in [0.717, 1.165) is 5.56 Å². The van der Waals surface area contributed by atoms with Crippen LogP contribution in [0.1, 0.15) is 5.56 Å². The van der Waals surface area contributed by atoms with E-state index in [9.17, 15) is 4.79 Å². The molecule has 1 aliphatic heterocycles. The minimum atomic E-state index is -0.202. The summed E-state index contributed by atoms with van der Waals surface area (Å²) in [4.78, 5) is 16.1. The van der Waals surface area contributed by atoms with Crippen LogP contribution < -0.4 is 10.6 Å². The van der Waals surface area contributed by atoms with Gasteiger partial charge >= 0.3 is 0 Å². The van der Waals surface area contributed by atoms with Crippen molar-refractivity contribution in [2.24, 2.45) is 5.92 Å². The Labute approximate surface area is 111 Å². The Kier molecular flexibility index (Phi) is 4.16. The molecule has 2 unspecified atom stereocenters. The van der Waals surface area contributed by atoms with E-state index in [4.69, 9.17) is 16.3 Å². The summed E-state index contributed by atoms with van der Waals surface area (Å²) in [5.74, 6) is -0.298. The van der Waals surface area contributed by atoms with Gasteiger partial charge in [-0.2, -0.15) is 0 Å². The molecule has 0 aromatic carbocycles. The van der Waals surface area contributed by atoms with Crippen molar-refractivity contribution in [2.45, 2.75) is 13.0 Å². The van der Waals surface area contributed by atoms with Crippen LogP contribution in [0.15, 0.2) is 12.3 Å². The van der Waals surface area contributed by atoms with Gasteiger partial charge in [-0.1, -0.05) is 11.6 Å². The van der Waals surface area contributed by atoms with Crippen molar-refractivity contribution < 1.29 is 9.53 Å². The van der Waals surface area contributed by atoms with E-state index in [1.807, 2.05) is 14.0 Å². The third-order valence-electron chi connectivity index (χ3n) is 3.02. The molecule has 1 saturated heterocycles. The quantitative estimate of drug-likeness (QED) is 0.810. The van der Waals surface area contributed by atoms with E-state index in [2.05, 4.69) is 15.6 Å². The van der Waals surface area contributed by atoms with Crippen LogP contribution >= 0.6 is 11.6 Å². The summed E-state index contributed by atoms with van der Waals surface area (Å²) >= 11 is 5.94. The number of rotatable bonds is 3. The SMILES string of the molecule is CNC1COCC1C(=O)Nc1cc(C)cnc1Cl. The Bertz CT molecular complexity index is 453. The van der Waals surface area contributed by atoms with Crippen molar-refractivity contribution in [1.82, 2.24) is 10.3 Å². The minimum absolute atomic E-state index is 0.0431. The number of aromatic nitrogens is 1. The molecule has 18 heavy (non-hydrogen) atoms. The Morgan fingerprint density at radius 2 is 2.33 bits per heavy atom. The minimum Gasteiger partial charge on any atom is -0.379 e. The van der Waals surface area contributed by atoms with Gasteiger partial charge in [-0.15, -0.1) is 0 Å². The number of pyridine rings is 1. The third kappa shape index (κ3) is 2.80. The normalized spacial score (nSPS) is 23.1. The molecule has 0 saturated carbocycles. The smallest absolute Gasteiger partial charge is 0.231 e. The summed E-state index contributed by atoms with van der Waals surface area (Å²) in [6, 6.07) is 1.85. The number of ether oxygens (including phenoxy) is 1. The van der Waals surface area contributed by atoms with Gasteiger partial charge in [-0.25, -0.2) is 4.98 Å². The number of anilines is 1. The number of amides is 1. The number of nitrogens with one attached hydrogen (secondary N) is 2. The highest BCUT2D eigenvalue weighted by molar-refractivity contribution is 6.32. The molecular weight excluding hydrogens is 254 g/mol. The van der Waals surface area contributed by atoms with Gasteiger partial charge in [0.05, 0.1) is 24.8 Å². The molecule has 6 heteroatoms. The maximum Gasteiger partial charge on any atom is 0.231 e. The average Bonchev–Trinajstić information content (AvgIpc) is 2.82. The summed E-state index contributed by atoms with van der Waals surface area (Å²) in [6.07, 6.45) is 1.66. The van der Waals surface area contributed by atoms with Gasteiger partial charge in [0.2, 0.25) is 5.91 Å².